The highest BCUT2D eigenvalue weighted by molar-refractivity contribution is 5.99. The molecule has 0 radical (unpaired) electrons. The van der Waals surface area contributed by atoms with Crippen LogP contribution in [0, 0.1) is 11.8 Å². The van der Waals surface area contributed by atoms with Gasteiger partial charge in [-0.2, -0.15) is 0 Å². The zero-order valence-corrected chi connectivity index (χ0v) is 40.2. The van der Waals surface area contributed by atoms with Gasteiger partial charge in [-0.05, 0) is 67.0 Å². The summed E-state index contributed by atoms with van der Waals surface area (Å²) in [5.41, 5.74) is 11.8. The summed E-state index contributed by atoms with van der Waals surface area (Å²) < 4.78 is 0. The Hall–Kier alpha value is -7.87. The molecule has 0 saturated carbocycles. The number of aromatic hydroxyl groups is 2. The fraction of sp³-hybridized carbons (Fsp3) is 0.500. The molecule has 0 saturated heterocycles. The second-order valence-electron chi connectivity index (χ2n) is 17.8. The first-order valence-corrected chi connectivity index (χ1v) is 22.6. The predicted molar refractivity (Wildman–Crippen MR) is 252 cm³/mol. The smallest absolute Gasteiger partial charge is 0.326 e. The third kappa shape index (κ3) is 21.0. The lowest BCUT2D eigenvalue weighted by molar-refractivity contribution is -0.143. The number of rotatable bonds is 30. The van der Waals surface area contributed by atoms with Crippen LogP contribution >= 0.6 is 0 Å². The van der Waals surface area contributed by atoms with Crippen molar-refractivity contribution < 1.29 is 83.4 Å². The average molecular weight is 1020 g/mol. The largest absolute Gasteiger partial charge is 0.508 e. The van der Waals surface area contributed by atoms with E-state index in [4.69, 9.17) is 21.7 Å². The van der Waals surface area contributed by atoms with E-state index in [1.54, 1.807) is 13.8 Å². The van der Waals surface area contributed by atoms with Crippen molar-refractivity contribution in [1.29, 1.82) is 0 Å². The number of carboxylic acid groups (broad SMARTS) is 3. The Balaban J connectivity index is 2.50. The van der Waals surface area contributed by atoms with Crippen molar-refractivity contribution in [3.05, 3.63) is 59.7 Å². The van der Waals surface area contributed by atoms with Gasteiger partial charge in [0.1, 0.15) is 53.8 Å². The molecule has 2 aromatic rings. The van der Waals surface area contributed by atoms with E-state index < -0.39 is 151 Å². The van der Waals surface area contributed by atoms with Crippen LogP contribution in [0.5, 0.6) is 11.5 Å². The van der Waals surface area contributed by atoms with E-state index in [0.29, 0.717) is 11.1 Å². The number of aliphatic hydroxyl groups excluding tert-OH is 1. The molecule has 17 N–H and O–H groups in total. The van der Waals surface area contributed by atoms with E-state index in [1.807, 2.05) is 0 Å². The molecular formula is C46H65N9O17. The number of aliphatic carboxylic acids is 3. The van der Waals surface area contributed by atoms with Crippen molar-refractivity contribution >= 4 is 65.2 Å². The van der Waals surface area contributed by atoms with E-state index in [2.05, 4.69) is 37.2 Å². The lowest BCUT2D eigenvalue weighted by Gasteiger charge is -2.29. The lowest BCUT2D eigenvalue weighted by Crippen LogP contribution is -2.62. The molecule has 0 aromatic heterocycles. The number of carboxylic acids is 3. The zero-order chi connectivity index (χ0) is 54.6. The number of aliphatic hydroxyl groups is 1. The second-order valence-corrected chi connectivity index (χ2v) is 17.8. The molecular weight excluding hydrogens is 951 g/mol. The Bertz CT molecular complexity index is 2260. The highest BCUT2D eigenvalue weighted by atomic mass is 16.4. The number of hydrogen-bond donors (Lipinski definition) is 15. The summed E-state index contributed by atoms with van der Waals surface area (Å²) in [6.07, 6.45) is -5.09. The average Bonchev–Trinajstić information content (AvgIpc) is 3.27. The molecule has 0 bridgehead atoms. The molecule has 9 atom stereocenters. The summed E-state index contributed by atoms with van der Waals surface area (Å²) in [5, 5.41) is 74.5. The molecule has 0 unspecified atom stereocenters. The van der Waals surface area contributed by atoms with Gasteiger partial charge in [0.25, 0.3) is 0 Å². The second kappa shape index (κ2) is 28.7. The molecule has 396 valence electrons. The number of carbonyl (C=O) groups excluding carboxylic acids is 8. The van der Waals surface area contributed by atoms with Crippen LogP contribution < -0.4 is 48.7 Å². The van der Waals surface area contributed by atoms with Crippen LogP contribution in [0.25, 0.3) is 0 Å². The topological polar surface area (TPSA) is 445 Å². The molecule has 26 nitrogen and oxygen atoms in total. The molecule has 0 fully saturated rings. The maximum atomic E-state index is 14.3. The summed E-state index contributed by atoms with van der Waals surface area (Å²) in [7, 11) is 0. The molecule has 0 spiro atoms. The van der Waals surface area contributed by atoms with Crippen molar-refractivity contribution in [1.82, 2.24) is 37.2 Å². The number of benzene rings is 2. The van der Waals surface area contributed by atoms with Crippen molar-refractivity contribution in [2.45, 2.75) is 134 Å². The molecule has 0 aliphatic heterocycles. The Morgan fingerprint density at radius 1 is 0.500 bits per heavy atom. The number of phenols is 2. The minimum Gasteiger partial charge on any atom is -0.508 e. The highest BCUT2D eigenvalue weighted by Gasteiger charge is 2.37. The van der Waals surface area contributed by atoms with Crippen LogP contribution in [0.4, 0.5) is 0 Å². The third-order valence-electron chi connectivity index (χ3n) is 10.7. The van der Waals surface area contributed by atoms with Gasteiger partial charge >= 0.3 is 17.9 Å². The number of primary amides is 1. The Labute approximate surface area is 413 Å². The van der Waals surface area contributed by atoms with E-state index in [-0.39, 0.29) is 36.7 Å². The van der Waals surface area contributed by atoms with Gasteiger partial charge in [0.05, 0.1) is 25.0 Å². The summed E-state index contributed by atoms with van der Waals surface area (Å²) in [6, 6.07) is -2.18. The predicted octanol–water partition coefficient (Wildman–Crippen LogP) is -3.01. The lowest BCUT2D eigenvalue weighted by atomic mass is 9.99. The number of nitrogens with one attached hydrogen (secondary N) is 7. The van der Waals surface area contributed by atoms with Gasteiger partial charge in [-0.25, -0.2) is 4.79 Å². The first kappa shape index (κ1) is 60.3. The van der Waals surface area contributed by atoms with Crippen LogP contribution in [0.15, 0.2) is 48.5 Å². The number of nitrogens with two attached hydrogens (primary N) is 2. The third-order valence-corrected chi connectivity index (χ3v) is 10.7. The Morgan fingerprint density at radius 2 is 0.903 bits per heavy atom. The molecule has 2 aromatic carbocycles. The van der Waals surface area contributed by atoms with E-state index >= 15 is 0 Å². The molecule has 26 heteroatoms. The zero-order valence-electron chi connectivity index (χ0n) is 40.2. The van der Waals surface area contributed by atoms with Crippen molar-refractivity contribution in [3.8, 4) is 11.5 Å². The van der Waals surface area contributed by atoms with Crippen LogP contribution in [-0.4, -0.2) is 150 Å². The minimum absolute atomic E-state index is 0.0846. The van der Waals surface area contributed by atoms with Crippen molar-refractivity contribution in [2.24, 2.45) is 23.3 Å². The number of hydrogen-bond acceptors (Lipinski definition) is 15. The quantitative estimate of drug-likeness (QED) is 0.0370. The highest BCUT2D eigenvalue weighted by Crippen LogP contribution is 2.16. The minimum atomic E-state index is -1.83. The Morgan fingerprint density at radius 3 is 1.31 bits per heavy atom. The molecule has 2 rings (SSSR count). The van der Waals surface area contributed by atoms with Gasteiger partial charge in [0.15, 0.2) is 0 Å². The monoisotopic (exact) mass is 1020 g/mol. The maximum absolute atomic E-state index is 14.3. The van der Waals surface area contributed by atoms with Gasteiger partial charge < -0.3 is 79.3 Å². The maximum Gasteiger partial charge on any atom is 0.326 e. The van der Waals surface area contributed by atoms with E-state index in [0.717, 1.165) is 6.92 Å². The molecule has 72 heavy (non-hydrogen) atoms. The van der Waals surface area contributed by atoms with Gasteiger partial charge in [0, 0.05) is 19.3 Å². The molecule has 0 aliphatic rings. The van der Waals surface area contributed by atoms with Gasteiger partial charge in [-0.3, -0.25) is 47.9 Å². The van der Waals surface area contributed by atoms with Crippen LogP contribution in [0.3, 0.4) is 0 Å². The van der Waals surface area contributed by atoms with Crippen LogP contribution in [-0.2, 0) is 65.6 Å². The summed E-state index contributed by atoms with van der Waals surface area (Å²) in [6.45, 7) is 7.47. The SMILES string of the molecule is CC(C)C[C@H](NC(=O)[C@H](Cc1ccc(O)cc1)NC(=O)[C@H](CC(N)=O)NC(=O)[C@@H](NC(=O)[C@@H](NC(=O)[C@@H](N)CC(=O)O)[C@@H](C)O)C(C)C)C(=O)N[C@@H](Cc1ccc(O)cc1)C(=O)N[C@@H](CCC(=O)O)C(=O)O. The molecule has 0 aliphatic carbocycles. The van der Waals surface area contributed by atoms with Crippen molar-refractivity contribution in [2.75, 3.05) is 0 Å². The van der Waals surface area contributed by atoms with Gasteiger partial charge in [-0.15, -0.1) is 0 Å². The summed E-state index contributed by atoms with van der Waals surface area (Å²) in [4.78, 5) is 142. The van der Waals surface area contributed by atoms with Crippen LogP contribution in [0.2, 0.25) is 0 Å². The fourth-order valence-electron chi connectivity index (χ4n) is 6.87. The number of carbonyl (C=O) groups is 11. The number of phenolic OH excluding ortho intramolecular Hbond substituents is 2. The van der Waals surface area contributed by atoms with Gasteiger partial charge in [-0.1, -0.05) is 52.0 Å². The Kier molecular flexibility index (Phi) is 24.0. The number of amides is 8. The first-order chi connectivity index (χ1) is 33.6. The van der Waals surface area contributed by atoms with Gasteiger partial charge in [0.2, 0.25) is 47.3 Å². The van der Waals surface area contributed by atoms with E-state index in [9.17, 15) is 73.2 Å². The summed E-state index contributed by atoms with van der Waals surface area (Å²) >= 11 is 0. The van der Waals surface area contributed by atoms with E-state index in [1.165, 1.54) is 62.4 Å². The normalized spacial score (nSPS) is 14.8. The first-order valence-electron chi connectivity index (χ1n) is 22.6. The standard InChI is InChI=1S/C46H65N9O17/c1-21(2)16-30(40(65)51-31(17-24-6-10-26(57)11-7-24)41(66)49-29(46(71)72)14-15-35(60)61)50-42(67)32(18-25-8-12-27(58)13-9-25)52-43(68)33(20-34(48)59)53-44(69)37(22(3)4)54-45(70)38(23(5)56)55-39(64)28(47)19-36(62)63/h6-13,21-23,28-33,37-38,56-58H,14-20,47H2,1-5H3,(H2,48,59)(H,49,66)(H,50,67)(H,51,65)(H,52,68)(H,53,69)(H,54,70)(H,55,64)(H,60,61)(H,62,63)(H,71,72)/t23-,28+,29+,30+,31+,32+,33+,37+,38+/m1/s1. The van der Waals surface area contributed by atoms with Crippen LogP contribution in [0.1, 0.15) is 77.8 Å². The summed E-state index contributed by atoms with van der Waals surface area (Å²) in [5.74, 6) is -14.3. The van der Waals surface area contributed by atoms with Crippen molar-refractivity contribution in [3.63, 3.8) is 0 Å². The fourth-order valence-corrected chi connectivity index (χ4v) is 6.87. The molecule has 0 heterocycles. The molecule has 8 amide bonds.